The third kappa shape index (κ3) is 2.10. The molecule has 1 N–H and O–H groups in total. The van der Waals surface area contributed by atoms with E-state index in [1.54, 1.807) is 0 Å². The third-order valence-corrected chi connectivity index (χ3v) is 3.67. The molecule has 2 unspecified atom stereocenters. The molecule has 0 saturated carbocycles. The Morgan fingerprint density at radius 3 is 2.64 bits per heavy atom. The Bertz CT molecular complexity index is 199. The van der Waals surface area contributed by atoms with Crippen LogP contribution < -0.4 is 5.32 Å². The first kappa shape index (κ1) is 10.4. The van der Waals surface area contributed by atoms with Gasteiger partial charge in [-0.15, -0.1) is 0 Å². The summed E-state index contributed by atoms with van der Waals surface area (Å²) in [5, 5.41) is 3.70. The van der Waals surface area contributed by atoms with Gasteiger partial charge in [-0.3, -0.25) is 4.90 Å². The molecular formula is C11H22N2O. The minimum absolute atomic E-state index is 0.358. The fourth-order valence-corrected chi connectivity index (χ4v) is 2.51. The number of likely N-dealkylation sites (tertiary alicyclic amines) is 1. The van der Waals surface area contributed by atoms with Crippen molar-refractivity contribution >= 4 is 0 Å². The summed E-state index contributed by atoms with van der Waals surface area (Å²) in [6.07, 6.45) is 2.43. The van der Waals surface area contributed by atoms with E-state index in [9.17, 15) is 0 Å². The molecule has 2 aliphatic rings. The third-order valence-electron chi connectivity index (χ3n) is 3.67. The van der Waals surface area contributed by atoms with Crippen molar-refractivity contribution in [1.82, 2.24) is 10.2 Å². The van der Waals surface area contributed by atoms with E-state index in [0.29, 0.717) is 17.6 Å². The van der Waals surface area contributed by atoms with Crippen LogP contribution in [0.15, 0.2) is 0 Å². The minimum Gasteiger partial charge on any atom is -0.380 e. The van der Waals surface area contributed by atoms with Gasteiger partial charge in [-0.2, -0.15) is 0 Å². The summed E-state index contributed by atoms with van der Waals surface area (Å²) in [7, 11) is 2.22. The van der Waals surface area contributed by atoms with Crippen molar-refractivity contribution in [2.24, 2.45) is 0 Å². The predicted octanol–water partition coefficient (Wildman–Crippen LogP) is 0.848. The van der Waals surface area contributed by atoms with E-state index in [-0.39, 0.29) is 0 Å². The van der Waals surface area contributed by atoms with Gasteiger partial charge in [0.05, 0.1) is 6.61 Å². The summed E-state index contributed by atoms with van der Waals surface area (Å²) in [5.74, 6) is 0. The van der Waals surface area contributed by atoms with Crippen molar-refractivity contribution in [1.29, 1.82) is 0 Å². The number of likely N-dealkylation sites (N-methyl/N-ethyl adjacent to an activating group) is 1. The Balaban J connectivity index is 1.83. The number of nitrogens with one attached hydrogen (secondary N) is 1. The monoisotopic (exact) mass is 198 g/mol. The Kier molecular flexibility index (Phi) is 2.82. The number of nitrogens with zero attached hydrogens (tertiary/aromatic N) is 1. The molecule has 2 heterocycles. The highest BCUT2D eigenvalue weighted by Gasteiger charge is 2.36. The van der Waals surface area contributed by atoms with E-state index in [1.165, 1.54) is 19.4 Å². The van der Waals surface area contributed by atoms with E-state index >= 15 is 0 Å². The van der Waals surface area contributed by atoms with Gasteiger partial charge >= 0.3 is 0 Å². The van der Waals surface area contributed by atoms with Gasteiger partial charge in [0, 0.05) is 30.8 Å². The lowest BCUT2D eigenvalue weighted by atomic mass is 10.0. The molecule has 0 amide bonds. The highest BCUT2D eigenvalue weighted by atomic mass is 16.5. The zero-order valence-electron chi connectivity index (χ0n) is 9.55. The largest absolute Gasteiger partial charge is 0.380 e. The topological polar surface area (TPSA) is 24.5 Å². The van der Waals surface area contributed by atoms with E-state index in [4.69, 9.17) is 4.74 Å². The summed E-state index contributed by atoms with van der Waals surface area (Å²) in [6.45, 7) is 7.65. The quantitative estimate of drug-likeness (QED) is 0.712. The number of hydrogen-bond donors (Lipinski definition) is 1. The zero-order chi connectivity index (χ0) is 10.2. The van der Waals surface area contributed by atoms with Gasteiger partial charge in [0.1, 0.15) is 0 Å². The Labute approximate surface area is 86.8 Å². The van der Waals surface area contributed by atoms with Crippen molar-refractivity contribution in [2.45, 2.75) is 44.3 Å². The van der Waals surface area contributed by atoms with Gasteiger partial charge in [0.25, 0.3) is 0 Å². The van der Waals surface area contributed by atoms with Crippen LogP contribution in [0.2, 0.25) is 0 Å². The molecule has 14 heavy (non-hydrogen) atoms. The highest BCUT2D eigenvalue weighted by Crippen LogP contribution is 2.27. The summed E-state index contributed by atoms with van der Waals surface area (Å²) >= 11 is 0. The number of rotatable bonds is 2. The van der Waals surface area contributed by atoms with E-state index in [2.05, 4.69) is 31.1 Å². The fourth-order valence-electron chi connectivity index (χ4n) is 2.51. The van der Waals surface area contributed by atoms with Crippen LogP contribution in [-0.2, 0) is 4.74 Å². The molecule has 82 valence electrons. The van der Waals surface area contributed by atoms with Gasteiger partial charge in [0.2, 0.25) is 0 Å². The standard InChI is InChI=1S/C11H22N2O/c1-11(2)6-10(7-13(11)3)12-9-4-5-14-8-9/h9-10,12H,4-8H2,1-3H3. The average molecular weight is 198 g/mol. The lowest BCUT2D eigenvalue weighted by molar-refractivity contribution is 0.188. The van der Waals surface area contributed by atoms with Gasteiger partial charge in [-0.05, 0) is 33.7 Å². The van der Waals surface area contributed by atoms with Gasteiger partial charge < -0.3 is 10.1 Å². The Hall–Kier alpha value is -0.120. The summed E-state index contributed by atoms with van der Waals surface area (Å²) in [4.78, 5) is 2.44. The molecule has 0 radical (unpaired) electrons. The maximum absolute atomic E-state index is 5.37. The van der Waals surface area contributed by atoms with Crippen LogP contribution in [0.3, 0.4) is 0 Å². The van der Waals surface area contributed by atoms with Crippen LogP contribution in [0.5, 0.6) is 0 Å². The molecule has 2 fully saturated rings. The molecule has 0 aromatic heterocycles. The lowest BCUT2D eigenvalue weighted by Gasteiger charge is -2.26. The molecule has 2 rings (SSSR count). The molecule has 2 saturated heterocycles. The molecule has 0 bridgehead atoms. The second-order valence-electron chi connectivity index (χ2n) is 5.32. The molecule has 0 aromatic rings. The second kappa shape index (κ2) is 3.80. The first-order valence-electron chi connectivity index (χ1n) is 5.63. The molecular weight excluding hydrogens is 176 g/mol. The van der Waals surface area contributed by atoms with Crippen molar-refractivity contribution in [2.75, 3.05) is 26.8 Å². The van der Waals surface area contributed by atoms with Crippen LogP contribution in [0.25, 0.3) is 0 Å². The van der Waals surface area contributed by atoms with Crippen molar-refractivity contribution in [3.8, 4) is 0 Å². The van der Waals surface area contributed by atoms with E-state index in [0.717, 1.165) is 13.2 Å². The molecule has 2 atom stereocenters. The second-order valence-corrected chi connectivity index (χ2v) is 5.32. The Morgan fingerprint density at radius 2 is 2.14 bits per heavy atom. The maximum Gasteiger partial charge on any atom is 0.0620 e. The predicted molar refractivity (Wildman–Crippen MR) is 57.5 cm³/mol. The molecule has 3 heteroatoms. The van der Waals surface area contributed by atoms with E-state index in [1.807, 2.05) is 0 Å². The van der Waals surface area contributed by atoms with Crippen LogP contribution >= 0.6 is 0 Å². The SMILES string of the molecule is CN1CC(NC2CCOC2)CC1(C)C. The van der Waals surface area contributed by atoms with Crippen LogP contribution in [0.1, 0.15) is 26.7 Å². The fraction of sp³-hybridized carbons (Fsp3) is 1.00. The first-order valence-corrected chi connectivity index (χ1v) is 5.63. The van der Waals surface area contributed by atoms with Crippen molar-refractivity contribution < 1.29 is 4.74 Å². The van der Waals surface area contributed by atoms with Gasteiger partial charge in [0.15, 0.2) is 0 Å². The first-order chi connectivity index (χ1) is 6.58. The van der Waals surface area contributed by atoms with Crippen LogP contribution in [-0.4, -0.2) is 49.3 Å². The molecule has 0 aliphatic carbocycles. The normalized spacial score (nSPS) is 37.9. The zero-order valence-corrected chi connectivity index (χ0v) is 9.55. The van der Waals surface area contributed by atoms with Crippen LogP contribution in [0.4, 0.5) is 0 Å². The maximum atomic E-state index is 5.37. The van der Waals surface area contributed by atoms with Crippen molar-refractivity contribution in [3.63, 3.8) is 0 Å². The number of ether oxygens (including phenoxy) is 1. The lowest BCUT2D eigenvalue weighted by Crippen LogP contribution is -2.39. The Morgan fingerprint density at radius 1 is 1.36 bits per heavy atom. The van der Waals surface area contributed by atoms with E-state index < -0.39 is 0 Å². The van der Waals surface area contributed by atoms with Crippen molar-refractivity contribution in [3.05, 3.63) is 0 Å². The highest BCUT2D eigenvalue weighted by molar-refractivity contribution is 4.95. The summed E-state index contributed by atoms with van der Waals surface area (Å²) in [5.41, 5.74) is 0.358. The summed E-state index contributed by atoms with van der Waals surface area (Å²) in [6, 6.07) is 1.25. The van der Waals surface area contributed by atoms with Gasteiger partial charge in [-0.25, -0.2) is 0 Å². The summed E-state index contributed by atoms with van der Waals surface area (Å²) < 4.78 is 5.37. The minimum atomic E-state index is 0.358. The molecule has 2 aliphatic heterocycles. The molecule has 3 nitrogen and oxygen atoms in total. The smallest absolute Gasteiger partial charge is 0.0620 e. The number of hydrogen-bond acceptors (Lipinski definition) is 3. The molecule has 0 aromatic carbocycles. The van der Waals surface area contributed by atoms with Crippen LogP contribution in [0, 0.1) is 0 Å². The molecule has 0 spiro atoms. The average Bonchev–Trinajstić information content (AvgIpc) is 2.62. The van der Waals surface area contributed by atoms with Gasteiger partial charge in [-0.1, -0.05) is 0 Å².